The monoisotopic (exact) mass is 440 g/mol. The predicted octanol–water partition coefficient (Wildman–Crippen LogP) is 3.91. The molecule has 2 amide bonds. The van der Waals surface area contributed by atoms with E-state index in [9.17, 15) is 9.59 Å². The van der Waals surface area contributed by atoms with Gasteiger partial charge in [0.25, 0.3) is 5.91 Å². The van der Waals surface area contributed by atoms with Gasteiger partial charge in [-0.25, -0.2) is 0 Å². The van der Waals surface area contributed by atoms with Crippen molar-refractivity contribution in [3.63, 3.8) is 0 Å². The number of piperidine rings is 1. The SMILES string of the molecule is C=CCNC(=O)[C@@]1(Cc2ccccc2-c2cccnc2)CCCN(C(=O)c2cccnc2)C1. The second kappa shape index (κ2) is 10.2. The highest BCUT2D eigenvalue weighted by Crippen LogP contribution is 2.37. The molecule has 6 nitrogen and oxygen atoms in total. The average Bonchev–Trinajstić information content (AvgIpc) is 2.88. The standard InChI is InChI=1S/C27H28N4O2/c1-2-13-30-26(33)27(12-7-16-31(20-27)25(32)23-10-6-15-29-19-23)17-21-8-3-4-11-24(21)22-9-5-14-28-18-22/h2-6,8-11,14-15,18-19H,1,7,12-13,16-17,20H2,(H,30,33)/t27-/m1/s1. The summed E-state index contributed by atoms with van der Waals surface area (Å²) < 4.78 is 0. The van der Waals surface area contributed by atoms with Crippen LogP contribution in [0.3, 0.4) is 0 Å². The minimum atomic E-state index is -0.739. The third-order valence-corrected chi connectivity index (χ3v) is 6.18. The van der Waals surface area contributed by atoms with E-state index >= 15 is 0 Å². The topological polar surface area (TPSA) is 75.2 Å². The van der Waals surface area contributed by atoms with E-state index in [0.29, 0.717) is 38.0 Å². The number of hydrogen-bond donors (Lipinski definition) is 1. The van der Waals surface area contributed by atoms with Crippen LogP contribution in [0.2, 0.25) is 0 Å². The number of benzene rings is 1. The van der Waals surface area contributed by atoms with Gasteiger partial charge in [0.05, 0.1) is 11.0 Å². The fourth-order valence-electron chi connectivity index (χ4n) is 4.58. The molecule has 1 aliphatic rings. The largest absolute Gasteiger partial charge is 0.352 e. The Morgan fingerprint density at radius 1 is 1.06 bits per heavy atom. The quantitative estimate of drug-likeness (QED) is 0.565. The Morgan fingerprint density at radius 2 is 1.85 bits per heavy atom. The molecule has 33 heavy (non-hydrogen) atoms. The van der Waals surface area contributed by atoms with Crippen LogP contribution < -0.4 is 5.32 Å². The molecule has 2 aromatic heterocycles. The van der Waals surface area contributed by atoms with E-state index in [2.05, 4.69) is 34.0 Å². The summed E-state index contributed by atoms with van der Waals surface area (Å²) in [7, 11) is 0. The molecular weight excluding hydrogens is 412 g/mol. The van der Waals surface area contributed by atoms with Crippen molar-refractivity contribution < 1.29 is 9.59 Å². The number of rotatable bonds is 7. The van der Waals surface area contributed by atoms with Crippen molar-refractivity contribution in [3.05, 3.63) is 97.1 Å². The Kier molecular flexibility index (Phi) is 6.93. The molecule has 0 radical (unpaired) electrons. The van der Waals surface area contributed by atoms with Crippen LogP contribution in [0, 0.1) is 5.41 Å². The molecule has 6 heteroatoms. The van der Waals surface area contributed by atoms with Crippen molar-refractivity contribution in [1.29, 1.82) is 0 Å². The molecule has 4 rings (SSSR count). The van der Waals surface area contributed by atoms with Gasteiger partial charge >= 0.3 is 0 Å². The van der Waals surface area contributed by atoms with Crippen molar-refractivity contribution in [2.24, 2.45) is 5.41 Å². The minimum absolute atomic E-state index is 0.0490. The van der Waals surface area contributed by atoms with Crippen molar-refractivity contribution in [3.8, 4) is 11.1 Å². The lowest BCUT2D eigenvalue weighted by molar-refractivity contribution is -0.133. The summed E-state index contributed by atoms with van der Waals surface area (Å²) in [5, 5.41) is 3.00. The Labute approximate surface area is 194 Å². The highest BCUT2D eigenvalue weighted by atomic mass is 16.2. The molecule has 1 aliphatic heterocycles. The zero-order chi connectivity index (χ0) is 23.1. The van der Waals surface area contributed by atoms with Gasteiger partial charge < -0.3 is 10.2 Å². The maximum absolute atomic E-state index is 13.5. The first kappa shape index (κ1) is 22.4. The van der Waals surface area contributed by atoms with Crippen LogP contribution in [-0.4, -0.2) is 46.3 Å². The zero-order valence-electron chi connectivity index (χ0n) is 18.6. The molecule has 0 aliphatic carbocycles. The van der Waals surface area contributed by atoms with E-state index in [1.165, 1.54) is 0 Å². The van der Waals surface area contributed by atoms with E-state index < -0.39 is 5.41 Å². The number of carbonyl (C=O) groups excluding carboxylic acids is 2. The van der Waals surface area contributed by atoms with E-state index in [1.54, 1.807) is 41.7 Å². The molecule has 1 aromatic carbocycles. The van der Waals surface area contributed by atoms with Gasteiger partial charge in [0.15, 0.2) is 0 Å². The van der Waals surface area contributed by atoms with E-state index in [4.69, 9.17) is 0 Å². The van der Waals surface area contributed by atoms with Gasteiger partial charge in [-0.05, 0) is 48.6 Å². The summed E-state index contributed by atoms with van der Waals surface area (Å²) >= 11 is 0. The third-order valence-electron chi connectivity index (χ3n) is 6.18. The van der Waals surface area contributed by atoms with E-state index in [-0.39, 0.29) is 11.8 Å². The molecule has 0 unspecified atom stereocenters. The number of pyridine rings is 2. The number of hydrogen-bond acceptors (Lipinski definition) is 4. The number of nitrogens with zero attached hydrogens (tertiary/aromatic N) is 3. The summed E-state index contributed by atoms with van der Waals surface area (Å²) in [6.07, 6.45) is 10.5. The van der Waals surface area contributed by atoms with Crippen molar-refractivity contribution >= 4 is 11.8 Å². The van der Waals surface area contributed by atoms with Crippen LogP contribution in [0.1, 0.15) is 28.8 Å². The van der Waals surface area contributed by atoms with Crippen LogP contribution in [0.25, 0.3) is 11.1 Å². The summed E-state index contributed by atoms with van der Waals surface area (Å²) in [5.74, 6) is -0.142. The fraction of sp³-hybridized carbons (Fsp3) is 0.259. The lowest BCUT2D eigenvalue weighted by Gasteiger charge is -2.42. The second-order valence-corrected chi connectivity index (χ2v) is 8.43. The predicted molar refractivity (Wildman–Crippen MR) is 128 cm³/mol. The number of likely N-dealkylation sites (tertiary alicyclic amines) is 1. The highest BCUT2D eigenvalue weighted by Gasteiger charge is 2.43. The van der Waals surface area contributed by atoms with Gasteiger partial charge in [-0.2, -0.15) is 0 Å². The Hall–Kier alpha value is -3.80. The number of aromatic nitrogens is 2. The van der Waals surface area contributed by atoms with E-state index in [1.807, 2.05) is 30.5 Å². The molecule has 1 saturated heterocycles. The first-order valence-electron chi connectivity index (χ1n) is 11.2. The molecular formula is C27H28N4O2. The van der Waals surface area contributed by atoms with Crippen LogP contribution in [-0.2, 0) is 11.2 Å². The maximum Gasteiger partial charge on any atom is 0.255 e. The minimum Gasteiger partial charge on any atom is -0.352 e. The normalized spacial score (nSPS) is 17.9. The first-order chi connectivity index (χ1) is 16.1. The Balaban J connectivity index is 1.68. The molecule has 168 valence electrons. The van der Waals surface area contributed by atoms with Crippen molar-refractivity contribution in [1.82, 2.24) is 20.2 Å². The van der Waals surface area contributed by atoms with Gasteiger partial charge in [0, 0.05) is 50.0 Å². The molecule has 1 fully saturated rings. The fourth-order valence-corrected chi connectivity index (χ4v) is 4.58. The Bertz CT molecular complexity index is 1120. The molecule has 3 aromatic rings. The highest BCUT2D eigenvalue weighted by molar-refractivity contribution is 5.94. The third kappa shape index (κ3) is 5.00. The van der Waals surface area contributed by atoms with Crippen molar-refractivity contribution in [2.75, 3.05) is 19.6 Å². The van der Waals surface area contributed by atoms with Gasteiger partial charge in [-0.1, -0.05) is 36.4 Å². The zero-order valence-corrected chi connectivity index (χ0v) is 18.6. The second-order valence-electron chi connectivity index (χ2n) is 8.43. The van der Waals surface area contributed by atoms with Crippen LogP contribution in [0.15, 0.2) is 86.0 Å². The van der Waals surface area contributed by atoms with Gasteiger partial charge in [-0.3, -0.25) is 19.6 Å². The maximum atomic E-state index is 13.5. The first-order valence-corrected chi connectivity index (χ1v) is 11.2. The molecule has 3 heterocycles. The van der Waals surface area contributed by atoms with Crippen molar-refractivity contribution in [2.45, 2.75) is 19.3 Å². The van der Waals surface area contributed by atoms with Crippen LogP contribution in [0.4, 0.5) is 0 Å². The van der Waals surface area contributed by atoms with Crippen LogP contribution >= 0.6 is 0 Å². The average molecular weight is 441 g/mol. The van der Waals surface area contributed by atoms with Gasteiger partial charge in [0.1, 0.15) is 0 Å². The molecule has 1 atom stereocenters. The summed E-state index contributed by atoms with van der Waals surface area (Å²) in [6, 6.07) is 15.6. The lowest BCUT2D eigenvalue weighted by atomic mass is 9.73. The molecule has 0 bridgehead atoms. The van der Waals surface area contributed by atoms with Gasteiger partial charge in [0.2, 0.25) is 5.91 Å². The van der Waals surface area contributed by atoms with Crippen LogP contribution in [0.5, 0.6) is 0 Å². The smallest absolute Gasteiger partial charge is 0.255 e. The summed E-state index contributed by atoms with van der Waals surface area (Å²) in [5.41, 5.74) is 2.92. The summed E-state index contributed by atoms with van der Waals surface area (Å²) in [4.78, 5) is 36.8. The summed E-state index contributed by atoms with van der Waals surface area (Å²) in [6.45, 7) is 5.09. The number of nitrogens with one attached hydrogen (secondary N) is 1. The van der Waals surface area contributed by atoms with E-state index in [0.717, 1.165) is 23.1 Å². The Morgan fingerprint density at radius 3 is 2.58 bits per heavy atom. The lowest BCUT2D eigenvalue weighted by Crippen LogP contribution is -2.54. The molecule has 0 saturated carbocycles. The molecule has 0 spiro atoms. The number of amides is 2. The molecule has 1 N–H and O–H groups in total. The number of carbonyl (C=O) groups is 2. The van der Waals surface area contributed by atoms with Gasteiger partial charge in [-0.15, -0.1) is 6.58 Å².